The molecule has 0 saturated heterocycles. The molecule has 1 aromatic carbocycles. The van der Waals surface area contributed by atoms with Crippen LogP contribution in [0.3, 0.4) is 0 Å². The number of hydrogen-bond acceptors (Lipinski definition) is 3. The molecule has 1 aliphatic heterocycles. The Balaban J connectivity index is 2.22. The summed E-state index contributed by atoms with van der Waals surface area (Å²) < 4.78 is 5.46. The third-order valence-electron chi connectivity index (χ3n) is 2.54. The van der Waals surface area contributed by atoms with E-state index < -0.39 is 0 Å². The first kappa shape index (κ1) is 10.9. The fourth-order valence-corrected chi connectivity index (χ4v) is 1.70. The number of carbonyl (C=O) groups excluding carboxylic acids is 1. The molecule has 2 rings (SSSR count). The zero-order valence-corrected chi connectivity index (χ0v) is 9.11. The molecule has 0 bridgehead atoms. The SMILES string of the molecule is NCCC=Cc1ccc2c(c1)OCCC2=O. The average molecular weight is 217 g/mol. The highest BCUT2D eigenvalue weighted by atomic mass is 16.5. The van der Waals surface area contributed by atoms with Gasteiger partial charge in [-0.1, -0.05) is 18.2 Å². The Labute approximate surface area is 94.9 Å². The lowest BCUT2D eigenvalue weighted by Crippen LogP contribution is -2.15. The number of benzene rings is 1. The maximum Gasteiger partial charge on any atom is 0.169 e. The van der Waals surface area contributed by atoms with Crippen LogP contribution >= 0.6 is 0 Å². The molecule has 2 N–H and O–H groups in total. The Bertz CT molecular complexity index is 424. The Morgan fingerprint density at radius 3 is 3.12 bits per heavy atom. The standard InChI is InChI=1S/C13H15NO2/c14-7-2-1-3-10-4-5-11-12(15)6-8-16-13(11)9-10/h1,3-5,9H,2,6-8,14H2. The smallest absolute Gasteiger partial charge is 0.169 e. The van der Waals surface area contributed by atoms with Crippen molar-refractivity contribution in [2.45, 2.75) is 12.8 Å². The highest BCUT2D eigenvalue weighted by Crippen LogP contribution is 2.26. The predicted molar refractivity (Wildman–Crippen MR) is 63.6 cm³/mol. The first-order valence-corrected chi connectivity index (χ1v) is 5.48. The van der Waals surface area contributed by atoms with Crippen molar-refractivity contribution >= 4 is 11.9 Å². The van der Waals surface area contributed by atoms with Crippen LogP contribution < -0.4 is 10.5 Å². The number of ketones is 1. The Kier molecular flexibility index (Phi) is 3.37. The number of ether oxygens (including phenoxy) is 1. The summed E-state index contributed by atoms with van der Waals surface area (Å²) >= 11 is 0. The molecule has 16 heavy (non-hydrogen) atoms. The summed E-state index contributed by atoms with van der Waals surface area (Å²) in [5.74, 6) is 0.866. The third-order valence-corrected chi connectivity index (χ3v) is 2.54. The largest absolute Gasteiger partial charge is 0.492 e. The van der Waals surface area contributed by atoms with E-state index in [9.17, 15) is 4.79 Å². The van der Waals surface area contributed by atoms with Crippen LogP contribution in [0, 0.1) is 0 Å². The summed E-state index contributed by atoms with van der Waals surface area (Å²) in [7, 11) is 0. The van der Waals surface area contributed by atoms with Gasteiger partial charge in [0.1, 0.15) is 5.75 Å². The second-order valence-electron chi connectivity index (χ2n) is 3.76. The molecule has 0 aliphatic carbocycles. The average Bonchev–Trinajstić information content (AvgIpc) is 2.30. The molecule has 3 heteroatoms. The van der Waals surface area contributed by atoms with Crippen molar-refractivity contribution in [1.82, 2.24) is 0 Å². The molecule has 0 fully saturated rings. The van der Waals surface area contributed by atoms with Crippen LogP contribution in [-0.2, 0) is 0 Å². The van der Waals surface area contributed by atoms with Crippen molar-refractivity contribution < 1.29 is 9.53 Å². The van der Waals surface area contributed by atoms with Crippen LogP contribution in [-0.4, -0.2) is 18.9 Å². The van der Waals surface area contributed by atoms with Gasteiger partial charge in [0.05, 0.1) is 12.2 Å². The molecule has 3 nitrogen and oxygen atoms in total. The normalized spacial score (nSPS) is 14.9. The number of rotatable bonds is 3. The van der Waals surface area contributed by atoms with E-state index in [1.807, 2.05) is 30.4 Å². The topological polar surface area (TPSA) is 52.3 Å². The van der Waals surface area contributed by atoms with Crippen LogP contribution in [0.1, 0.15) is 28.8 Å². The van der Waals surface area contributed by atoms with Gasteiger partial charge in [-0.05, 0) is 30.7 Å². The number of carbonyl (C=O) groups is 1. The number of fused-ring (bicyclic) bond motifs is 1. The van der Waals surface area contributed by atoms with E-state index in [4.69, 9.17) is 10.5 Å². The summed E-state index contributed by atoms with van der Waals surface area (Å²) in [6.07, 6.45) is 5.36. The van der Waals surface area contributed by atoms with Crippen LogP contribution in [0.4, 0.5) is 0 Å². The van der Waals surface area contributed by atoms with Gasteiger partial charge < -0.3 is 10.5 Å². The molecule has 1 aliphatic rings. The van der Waals surface area contributed by atoms with Gasteiger partial charge in [-0.2, -0.15) is 0 Å². The summed E-state index contributed by atoms with van der Waals surface area (Å²) in [5, 5.41) is 0. The molecule has 1 heterocycles. The van der Waals surface area contributed by atoms with Crippen molar-refractivity contribution in [3.05, 3.63) is 35.4 Å². The Morgan fingerprint density at radius 1 is 1.44 bits per heavy atom. The van der Waals surface area contributed by atoms with Crippen molar-refractivity contribution in [2.24, 2.45) is 5.73 Å². The molecule has 1 aromatic rings. The van der Waals surface area contributed by atoms with Crippen LogP contribution in [0.5, 0.6) is 5.75 Å². The Morgan fingerprint density at radius 2 is 2.31 bits per heavy atom. The molecule has 0 unspecified atom stereocenters. The van der Waals surface area contributed by atoms with Gasteiger partial charge >= 0.3 is 0 Å². The maximum absolute atomic E-state index is 11.5. The second kappa shape index (κ2) is 4.94. The fraction of sp³-hybridized carbons (Fsp3) is 0.308. The van der Waals surface area contributed by atoms with Gasteiger partial charge in [0, 0.05) is 6.42 Å². The van der Waals surface area contributed by atoms with Crippen molar-refractivity contribution in [1.29, 1.82) is 0 Å². The van der Waals surface area contributed by atoms with Gasteiger partial charge in [0.15, 0.2) is 5.78 Å². The molecule has 84 valence electrons. The third kappa shape index (κ3) is 2.31. The summed E-state index contributed by atoms with van der Waals surface area (Å²) in [6, 6.07) is 5.66. The molecule has 0 atom stereocenters. The van der Waals surface area contributed by atoms with Crippen LogP contribution in [0.2, 0.25) is 0 Å². The summed E-state index contributed by atoms with van der Waals surface area (Å²) in [6.45, 7) is 1.14. The van der Waals surface area contributed by atoms with E-state index in [1.165, 1.54) is 0 Å². The second-order valence-corrected chi connectivity index (χ2v) is 3.76. The van der Waals surface area contributed by atoms with E-state index in [1.54, 1.807) is 0 Å². The van der Waals surface area contributed by atoms with Crippen molar-refractivity contribution in [3.8, 4) is 5.75 Å². The van der Waals surface area contributed by atoms with Crippen LogP contribution in [0.25, 0.3) is 6.08 Å². The lowest BCUT2D eigenvalue weighted by Gasteiger charge is -2.16. The number of nitrogens with two attached hydrogens (primary N) is 1. The maximum atomic E-state index is 11.5. The fourth-order valence-electron chi connectivity index (χ4n) is 1.70. The van der Waals surface area contributed by atoms with Crippen molar-refractivity contribution in [3.63, 3.8) is 0 Å². The van der Waals surface area contributed by atoms with E-state index in [0.717, 1.165) is 12.0 Å². The van der Waals surface area contributed by atoms with Gasteiger partial charge in [-0.15, -0.1) is 0 Å². The minimum Gasteiger partial charge on any atom is -0.492 e. The van der Waals surface area contributed by atoms with Gasteiger partial charge in [-0.3, -0.25) is 4.79 Å². The lowest BCUT2D eigenvalue weighted by atomic mass is 10.0. The number of hydrogen-bond donors (Lipinski definition) is 1. The predicted octanol–water partition coefficient (Wildman–Crippen LogP) is 2.01. The highest BCUT2D eigenvalue weighted by molar-refractivity contribution is 5.99. The van der Waals surface area contributed by atoms with E-state index >= 15 is 0 Å². The van der Waals surface area contributed by atoms with Crippen LogP contribution in [0.15, 0.2) is 24.3 Å². The minimum atomic E-state index is 0.165. The quantitative estimate of drug-likeness (QED) is 0.842. The summed E-state index contributed by atoms with van der Waals surface area (Å²) in [4.78, 5) is 11.5. The zero-order chi connectivity index (χ0) is 11.4. The van der Waals surface area contributed by atoms with E-state index in [-0.39, 0.29) is 5.78 Å². The molecule has 0 saturated carbocycles. The van der Waals surface area contributed by atoms with Gasteiger partial charge in [-0.25, -0.2) is 0 Å². The molecule has 0 amide bonds. The van der Waals surface area contributed by atoms with Gasteiger partial charge in [0.2, 0.25) is 0 Å². The molecule has 0 aromatic heterocycles. The molecular formula is C13H15NO2. The molecule has 0 radical (unpaired) electrons. The molecular weight excluding hydrogens is 202 g/mol. The Hall–Kier alpha value is -1.61. The summed E-state index contributed by atoms with van der Waals surface area (Å²) in [5.41, 5.74) is 7.14. The number of Topliss-reactive ketones (excluding diaryl/α,β-unsaturated/α-hetero) is 1. The first-order valence-electron chi connectivity index (χ1n) is 5.48. The van der Waals surface area contributed by atoms with E-state index in [2.05, 4.69) is 0 Å². The highest BCUT2D eigenvalue weighted by Gasteiger charge is 2.17. The van der Waals surface area contributed by atoms with E-state index in [0.29, 0.717) is 30.9 Å². The minimum absolute atomic E-state index is 0.165. The zero-order valence-electron chi connectivity index (χ0n) is 9.11. The monoisotopic (exact) mass is 217 g/mol. The van der Waals surface area contributed by atoms with Crippen molar-refractivity contribution in [2.75, 3.05) is 13.2 Å². The van der Waals surface area contributed by atoms with Gasteiger partial charge in [0.25, 0.3) is 0 Å². The first-order chi connectivity index (χ1) is 7.81. The molecule has 0 spiro atoms. The lowest BCUT2D eigenvalue weighted by molar-refractivity contribution is 0.0933.